The summed E-state index contributed by atoms with van der Waals surface area (Å²) in [6.45, 7) is 0. The summed E-state index contributed by atoms with van der Waals surface area (Å²) in [6, 6.07) is 13.9. The molecule has 0 atom stereocenters. The second kappa shape index (κ2) is 6.99. The fourth-order valence-corrected chi connectivity index (χ4v) is 3.05. The first-order valence-electron chi connectivity index (χ1n) is 8.44. The number of benzene rings is 2. The number of hydrogen-bond donors (Lipinski definition) is 1. The molecule has 5 nitrogen and oxygen atoms in total. The lowest BCUT2D eigenvalue weighted by Crippen LogP contribution is -2.01. The zero-order valence-corrected chi connectivity index (χ0v) is 14.9. The number of hydrogen-bond acceptors (Lipinski definition) is 5. The molecule has 1 N–H and O–H groups in total. The first-order chi connectivity index (χ1) is 13.2. The van der Waals surface area contributed by atoms with Crippen LogP contribution in [0.25, 0.3) is 33.4 Å². The predicted octanol–water partition coefficient (Wildman–Crippen LogP) is 4.55. The Kier molecular flexibility index (Phi) is 4.38. The van der Waals surface area contributed by atoms with Crippen molar-refractivity contribution in [3.05, 3.63) is 66.7 Å². The average Bonchev–Trinajstić information content (AvgIpc) is 2.73. The standard InChI is InChI=1S/C21H17FN4O/c1-23-21-17-10-9-16(13-5-7-15(22)8-6-13)19(27-2)18(17)25-20(26-21)14-4-3-11-24-12-14/h3-12H,1-2H3,(H,23,25,26). The fraction of sp³-hybridized carbons (Fsp3) is 0.0952. The van der Waals surface area contributed by atoms with Gasteiger partial charge in [-0.2, -0.15) is 0 Å². The molecule has 0 amide bonds. The summed E-state index contributed by atoms with van der Waals surface area (Å²) in [7, 11) is 3.42. The second-order valence-electron chi connectivity index (χ2n) is 5.94. The first kappa shape index (κ1) is 16.9. The van der Waals surface area contributed by atoms with Gasteiger partial charge in [0.15, 0.2) is 11.6 Å². The van der Waals surface area contributed by atoms with Crippen LogP contribution in [0.1, 0.15) is 0 Å². The van der Waals surface area contributed by atoms with Crippen LogP contribution < -0.4 is 10.1 Å². The van der Waals surface area contributed by atoms with E-state index in [9.17, 15) is 4.39 Å². The third-order valence-electron chi connectivity index (χ3n) is 4.34. The summed E-state index contributed by atoms with van der Waals surface area (Å²) in [5.41, 5.74) is 3.17. The van der Waals surface area contributed by atoms with Crippen LogP contribution in [-0.4, -0.2) is 29.1 Å². The molecule has 2 heterocycles. The van der Waals surface area contributed by atoms with Crippen LogP contribution >= 0.6 is 0 Å². The highest BCUT2D eigenvalue weighted by molar-refractivity contribution is 5.99. The molecule has 134 valence electrons. The van der Waals surface area contributed by atoms with Crippen molar-refractivity contribution < 1.29 is 9.13 Å². The van der Waals surface area contributed by atoms with E-state index in [0.717, 1.165) is 22.1 Å². The number of pyridine rings is 1. The molecule has 0 radical (unpaired) electrons. The van der Waals surface area contributed by atoms with Gasteiger partial charge in [-0.3, -0.25) is 4.98 Å². The van der Waals surface area contributed by atoms with Gasteiger partial charge in [0.25, 0.3) is 0 Å². The van der Waals surface area contributed by atoms with Crippen LogP contribution in [0.3, 0.4) is 0 Å². The normalized spacial score (nSPS) is 10.8. The Labute approximate surface area is 155 Å². The van der Waals surface area contributed by atoms with Gasteiger partial charge in [0.05, 0.1) is 7.11 Å². The number of fused-ring (bicyclic) bond motifs is 1. The number of halogens is 1. The minimum atomic E-state index is -0.280. The van der Waals surface area contributed by atoms with E-state index in [0.29, 0.717) is 22.9 Å². The lowest BCUT2D eigenvalue weighted by Gasteiger charge is -2.14. The van der Waals surface area contributed by atoms with E-state index in [4.69, 9.17) is 9.72 Å². The Morgan fingerprint density at radius 2 is 1.78 bits per heavy atom. The van der Waals surface area contributed by atoms with E-state index in [-0.39, 0.29) is 5.82 Å². The molecule has 0 saturated heterocycles. The van der Waals surface area contributed by atoms with Gasteiger partial charge in [0.2, 0.25) is 0 Å². The Hall–Kier alpha value is -3.54. The number of anilines is 1. The van der Waals surface area contributed by atoms with E-state index < -0.39 is 0 Å². The van der Waals surface area contributed by atoms with E-state index in [2.05, 4.69) is 15.3 Å². The van der Waals surface area contributed by atoms with Gasteiger partial charge in [-0.1, -0.05) is 12.1 Å². The van der Waals surface area contributed by atoms with Crippen molar-refractivity contribution in [3.63, 3.8) is 0 Å². The summed E-state index contributed by atoms with van der Waals surface area (Å²) >= 11 is 0. The van der Waals surface area contributed by atoms with Gasteiger partial charge in [0.1, 0.15) is 17.2 Å². The SMILES string of the molecule is CNc1nc(-c2cccnc2)nc2c(OC)c(-c3ccc(F)cc3)ccc12. The number of ether oxygens (including phenoxy) is 1. The lowest BCUT2D eigenvalue weighted by atomic mass is 10.0. The maximum atomic E-state index is 13.3. The minimum Gasteiger partial charge on any atom is -0.494 e. The second-order valence-corrected chi connectivity index (χ2v) is 5.94. The molecule has 0 spiro atoms. The summed E-state index contributed by atoms with van der Waals surface area (Å²) in [5.74, 6) is 1.58. The smallest absolute Gasteiger partial charge is 0.163 e. The van der Waals surface area contributed by atoms with Crippen LogP contribution in [0.15, 0.2) is 60.9 Å². The molecular formula is C21H17FN4O. The predicted molar refractivity (Wildman–Crippen MR) is 104 cm³/mol. The number of nitrogens with one attached hydrogen (secondary N) is 1. The van der Waals surface area contributed by atoms with Crippen molar-refractivity contribution in [3.8, 4) is 28.3 Å². The van der Waals surface area contributed by atoms with Crippen LogP contribution in [-0.2, 0) is 0 Å². The highest BCUT2D eigenvalue weighted by Gasteiger charge is 2.16. The van der Waals surface area contributed by atoms with E-state index in [1.165, 1.54) is 12.1 Å². The van der Waals surface area contributed by atoms with Gasteiger partial charge in [0, 0.05) is 36.0 Å². The zero-order valence-electron chi connectivity index (χ0n) is 14.9. The fourth-order valence-electron chi connectivity index (χ4n) is 3.05. The third kappa shape index (κ3) is 3.06. The van der Waals surface area contributed by atoms with Gasteiger partial charge in [-0.05, 0) is 42.0 Å². The molecule has 27 heavy (non-hydrogen) atoms. The molecule has 0 bridgehead atoms. The van der Waals surface area contributed by atoms with Crippen LogP contribution in [0.5, 0.6) is 5.75 Å². The molecule has 0 fully saturated rings. The van der Waals surface area contributed by atoms with Gasteiger partial charge in [-0.15, -0.1) is 0 Å². The Balaban J connectivity index is 2.00. The molecule has 4 rings (SSSR count). The van der Waals surface area contributed by atoms with Crippen molar-refractivity contribution >= 4 is 16.7 Å². The highest BCUT2D eigenvalue weighted by atomic mass is 19.1. The van der Waals surface area contributed by atoms with Gasteiger partial charge in [-0.25, -0.2) is 14.4 Å². The Morgan fingerprint density at radius 3 is 2.44 bits per heavy atom. The van der Waals surface area contributed by atoms with Crippen molar-refractivity contribution in [1.29, 1.82) is 0 Å². The molecule has 0 saturated carbocycles. The molecule has 0 aliphatic carbocycles. The van der Waals surface area contributed by atoms with Crippen LogP contribution in [0.2, 0.25) is 0 Å². The lowest BCUT2D eigenvalue weighted by molar-refractivity contribution is 0.420. The molecule has 4 aromatic rings. The van der Waals surface area contributed by atoms with Crippen LogP contribution in [0.4, 0.5) is 10.2 Å². The molecule has 6 heteroatoms. The van der Waals surface area contributed by atoms with Crippen LogP contribution in [0, 0.1) is 5.82 Å². The molecule has 0 aliphatic rings. The number of rotatable bonds is 4. The van der Waals surface area contributed by atoms with Crippen molar-refractivity contribution in [2.45, 2.75) is 0 Å². The summed E-state index contributed by atoms with van der Waals surface area (Å²) < 4.78 is 19.0. The van der Waals surface area contributed by atoms with E-state index >= 15 is 0 Å². The molecule has 2 aromatic carbocycles. The first-order valence-corrected chi connectivity index (χ1v) is 8.44. The monoisotopic (exact) mass is 360 g/mol. The zero-order chi connectivity index (χ0) is 18.8. The summed E-state index contributed by atoms with van der Waals surface area (Å²) in [6.07, 6.45) is 3.42. The van der Waals surface area contributed by atoms with E-state index in [1.807, 2.05) is 31.3 Å². The highest BCUT2D eigenvalue weighted by Crippen LogP contribution is 2.38. The Morgan fingerprint density at radius 1 is 0.963 bits per heavy atom. The average molecular weight is 360 g/mol. The molecule has 2 aromatic heterocycles. The van der Waals surface area contributed by atoms with Crippen molar-refractivity contribution in [1.82, 2.24) is 15.0 Å². The van der Waals surface area contributed by atoms with Gasteiger partial charge < -0.3 is 10.1 Å². The Bertz CT molecular complexity index is 1100. The van der Waals surface area contributed by atoms with Crippen molar-refractivity contribution in [2.75, 3.05) is 19.5 Å². The molecule has 0 aliphatic heterocycles. The van der Waals surface area contributed by atoms with Gasteiger partial charge >= 0.3 is 0 Å². The molecule has 0 unspecified atom stereocenters. The van der Waals surface area contributed by atoms with E-state index in [1.54, 1.807) is 31.6 Å². The number of aromatic nitrogens is 3. The maximum Gasteiger partial charge on any atom is 0.163 e. The largest absolute Gasteiger partial charge is 0.494 e. The number of nitrogens with zero attached hydrogens (tertiary/aromatic N) is 3. The minimum absolute atomic E-state index is 0.280. The quantitative estimate of drug-likeness (QED) is 0.579. The topological polar surface area (TPSA) is 59.9 Å². The number of methoxy groups -OCH3 is 1. The summed E-state index contributed by atoms with van der Waals surface area (Å²) in [4.78, 5) is 13.5. The van der Waals surface area contributed by atoms with Crippen molar-refractivity contribution in [2.24, 2.45) is 0 Å². The molecular weight excluding hydrogens is 343 g/mol. The maximum absolute atomic E-state index is 13.3. The summed E-state index contributed by atoms with van der Waals surface area (Å²) in [5, 5.41) is 3.96. The third-order valence-corrected chi connectivity index (χ3v) is 4.34.